The van der Waals surface area contributed by atoms with Crippen LogP contribution in [-0.4, -0.2) is 22.2 Å². The van der Waals surface area contributed by atoms with Gasteiger partial charge in [-0.25, -0.2) is 9.79 Å². The van der Waals surface area contributed by atoms with E-state index in [2.05, 4.69) is 10.3 Å². The van der Waals surface area contributed by atoms with Crippen molar-refractivity contribution < 1.29 is 19.4 Å². The molecule has 0 unspecified atom stereocenters. The number of aliphatic imine (C=N–C) groups is 1. The van der Waals surface area contributed by atoms with E-state index in [0.717, 1.165) is 16.8 Å². The van der Waals surface area contributed by atoms with Crippen molar-refractivity contribution in [3.8, 4) is 5.75 Å². The summed E-state index contributed by atoms with van der Waals surface area (Å²) < 4.78 is 5.82. The summed E-state index contributed by atoms with van der Waals surface area (Å²) in [6.45, 7) is 0.309. The molecule has 6 nitrogen and oxygen atoms in total. The van der Waals surface area contributed by atoms with Gasteiger partial charge in [0.05, 0.1) is 16.2 Å². The van der Waals surface area contributed by atoms with Crippen molar-refractivity contribution in [2.75, 3.05) is 0 Å². The van der Waals surface area contributed by atoms with Crippen LogP contribution in [-0.2, 0) is 11.4 Å². The Morgan fingerprint density at radius 1 is 1.03 bits per heavy atom. The van der Waals surface area contributed by atoms with E-state index in [-0.39, 0.29) is 11.5 Å². The van der Waals surface area contributed by atoms with Gasteiger partial charge in [-0.3, -0.25) is 4.79 Å². The molecule has 7 heteroatoms. The van der Waals surface area contributed by atoms with Crippen LogP contribution in [0.5, 0.6) is 5.75 Å². The second-order valence-electron chi connectivity index (χ2n) is 6.68. The predicted molar refractivity (Wildman–Crippen MR) is 121 cm³/mol. The molecule has 31 heavy (non-hydrogen) atoms. The lowest BCUT2D eigenvalue weighted by molar-refractivity contribution is -0.115. The predicted octanol–water partition coefficient (Wildman–Crippen LogP) is 4.86. The first-order chi connectivity index (χ1) is 15.1. The lowest BCUT2D eigenvalue weighted by Crippen LogP contribution is -2.19. The molecular weight excluding hydrogens is 412 g/mol. The minimum atomic E-state index is -0.959. The molecule has 1 amide bonds. The fraction of sp³-hybridized carbons (Fsp3) is 0.0417. The third-order valence-corrected chi connectivity index (χ3v) is 5.31. The van der Waals surface area contributed by atoms with E-state index < -0.39 is 5.97 Å². The zero-order valence-electron chi connectivity index (χ0n) is 16.3. The van der Waals surface area contributed by atoms with Gasteiger partial charge in [0, 0.05) is 0 Å². The van der Waals surface area contributed by atoms with Gasteiger partial charge < -0.3 is 15.2 Å². The van der Waals surface area contributed by atoms with Gasteiger partial charge in [-0.05, 0) is 65.4 Å². The Balaban J connectivity index is 1.43. The highest BCUT2D eigenvalue weighted by Crippen LogP contribution is 2.28. The number of amidine groups is 1. The quantitative estimate of drug-likeness (QED) is 0.546. The zero-order valence-corrected chi connectivity index (χ0v) is 17.1. The Labute approximate surface area is 183 Å². The molecule has 1 aliphatic heterocycles. The van der Waals surface area contributed by atoms with Crippen LogP contribution in [0.2, 0.25) is 0 Å². The zero-order chi connectivity index (χ0) is 21.6. The summed E-state index contributed by atoms with van der Waals surface area (Å²) in [7, 11) is 0. The second-order valence-corrected chi connectivity index (χ2v) is 7.71. The molecule has 0 bridgehead atoms. The number of para-hydroxylation sites is 1. The molecule has 0 spiro atoms. The fourth-order valence-corrected chi connectivity index (χ4v) is 3.70. The number of ether oxygens (including phenoxy) is 1. The highest BCUT2D eigenvalue weighted by atomic mass is 32.2. The molecule has 0 atom stereocenters. The van der Waals surface area contributed by atoms with Gasteiger partial charge in [0.2, 0.25) is 0 Å². The molecule has 1 fully saturated rings. The number of carbonyl (C=O) groups excluding carboxylic acids is 1. The van der Waals surface area contributed by atoms with E-state index >= 15 is 0 Å². The van der Waals surface area contributed by atoms with E-state index in [1.807, 2.05) is 54.6 Å². The number of benzene rings is 3. The lowest BCUT2D eigenvalue weighted by atomic mass is 10.1. The van der Waals surface area contributed by atoms with Crippen molar-refractivity contribution in [3.63, 3.8) is 0 Å². The number of carboxylic acid groups (broad SMARTS) is 1. The van der Waals surface area contributed by atoms with Crippen molar-refractivity contribution in [1.29, 1.82) is 0 Å². The molecule has 0 radical (unpaired) electrons. The first-order valence-corrected chi connectivity index (χ1v) is 10.3. The Morgan fingerprint density at radius 3 is 2.55 bits per heavy atom. The smallest absolute Gasteiger partial charge is 0.335 e. The molecule has 0 aliphatic carbocycles. The molecule has 3 aromatic rings. The minimum absolute atomic E-state index is 0.190. The number of rotatable bonds is 6. The number of amides is 1. The van der Waals surface area contributed by atoms with E-state index in [1.54, 1.807) is 30.3 Å². The number of hydrogen-bond donors (Lipinski definition) is 2. The van der Waals surface area contributed by atoms with Crippen LogP contribution in [0.1, 0.15) is 21.5 Å². The van der Waals surface area contributed by atoms with Crippen molar-refractivity contribution in [1.82, 2.24) is 5.32 Å². The molecule has 0 saturated carbocycles. The van der Waals surface area contributed by atoms with Crippen molar-refractivity contribution >= 4 is 40.6 Å². The summed E-state index contributed by atoms with van der Waals surface area (Å²) in [5.74, 6) is -0.498. The summed E-state index contributed by atoms with van der Waals surface area (Å²) in [6, 6.07) is 23.4. The molecule has 3 aromatic carbocycles. The fourth-order valence-electron chi connectivity index (χ4n) is 2.86. The monoisotopic (exact) mass is 430 g/mol. The maximum Gasteiger partial charge on any atom is 0.335 e. The van der Waals surface area contributed by atoms with Crippen molar-refractivity contribution in [3.05, 3.63) is 100 Å². The van der Waals surface area contributed by atoms with E-state index in [4.69, 9.17) is 9.84 Å². The molecule has 154 valence electrons. The van der Waals surface area contributed by atoms with Gasteiger partial charge in [-0.15, -0.1) is 0 Å². The molecule has 4 rings (SSSR count). The number of aromatic carboxylic acids is 1. The van der Waals surface area contributed by atoms with E-state index in [9.17, 15) is 9.59 Å². The van der Waals surface area contributed by atoms with Crippen LogP contribution in [0.15, 0.2) is 88.8 Å². The van der Waals surface area contributed by atoms with Gasteiger partial charge in [-0.1, -0.05) is 42.5 Å². The highest BCUT2D eigenvalue weighted by Gasteiger charge is 2.23. The SMILES string of the molecule is O=C1NC(=Nc2ccccc2)S/C1=C\c1cccc(OCc2ccc(C(=O)O)cc2)c1. The summed E-state index contributed by atoms with van der Waals surface area (Å²) in [5.41, 5.74) is 2.71. The molecule has 0 aromatic heterocycles. The average molecular weight is 430 g/mol. The van der Waals surface area contributed by atoms with Gasteiger partial charge in [0.25, 0.3) is 5.91 Å². The summed E-state index contributed by atoms with van der Waals surface area (Å²) >= 11 is 1.29. The summed E-state index contributed by atoms with van der Waals surface area (Å²) in [4.78, 5) is 28.2. The number of hydrogen-bond acceptors (Lipinski definition) is 5. The standard InChI is InChI=1S/C24H18N2O4S/c27-22-21(31-24(26-22)25-19-6-2-1-3-7-19)14-17-5-4-8-20(13-17)30-15-16-9-11-18(12-10-16)23(28)29/h1-14H,15H2,(H,28,29)(H,25,26,27)/b21-14-. The van der Waals surface area contributed by atoms with Gasteiger partial charge in [0.1, 0.15) is 12.4 Å². The third-order valence-electron chi connectivity index (χ3n) is 4.40. The van der Waals surface area contributed by atoms with Crippen LogP contribution in [0.25, 0.3) is 6.08 Å². The number of carbonyl (C=O) groups is 2. The van der Waals surface area contributed by atoms with Crippen LogP contribution < -0.4 is 10.1 Å². The topological polar surface area (TPSA) is 88.0 Å². The lowest BCUT2D eigenvalue weighted by Gasteiger charge is -2.07. The molecular formula is C24H18N2O4S. The Bertz CT molecular complexity index is 1170. The second kappa shape index (κ2) is 9.32. The average Bonchev–Trinajstić information content (AvgIpc) is 3.12. The number of nitrogens with one attached hydrogen (secondary N) is 1. The maximum absolute atomic E-state index is 12.3. The molecule has 1 heterocycles. The number of carboxylic acids is 1. The molecule has 1 saturated heterocycles. The first-order valence-electron chi connectivity index (χ1n) is 9.46. The Morgan fingerprint density at radius 2 is 1.81 bits per heavy atom. The highest BCUT2D eigenvalue weighted by molar-refractivity contribution is 8.18. The van der Waals surface area contributed by atoms with Crippen LogP contribution >= 0.6 is 11.8 Å². The van der Waals surface area contributed by atoms with E-state index in [0.29, 0.717) is 22.4 Å². The van der Waals surface area contributed by atoms with Crippen LogP contribution in [0.3, 0.4) is 0 Å². The molecule has 1 aliphatic rings. The van der Waals surface area contributed by atoms with E-state index in [1.165, 1.54) is 11.8 Å². The molecule has 2 N–H and O–H groups in total. The largest absolute Gasteiger partial charge is 0.489 e. The summed E-state index contributed by atoms with van der Waals surface area (Å²) in [5, 5.41) is 12.3. The summed E-state index contributed by atoms with van der Waals surface area (Å²) in [6.07, 6.45) is 1.79. The van der Waals surface area contributed by atoms with Crippen molar-refractivity contribution in [2.24, 2.45) is 4.99 Å². The van der Waals surface area contributed by atoms with Crippen LogP contribution in [0.4, 0.5) is 5.69 Å². The Hall–Kier alpha value is -3.84. The number of nitrogens with zero attached hydrogens (tertiary/aromatic N) is 1. The van der Waals surface area contributed by atoms with Gasteiger partial charge in [0.15, 0.2) is 5.17 Å². The normalized spacial score (nSPS) is 15.8. The van der Waals surface area contributed by atoms with Crippen molar-refractivity contribution in [2.45, 2.75) is 6.61 Å². The maximum atomic E-state index is 12.3. The van der Waals surface area contributed by atoms with Crippen LogP contribution in [0, 0.1) is 0 Å². The number of thioether (sulfide) groups is 1. The Kier molecular flexibility index (Phi) is 6.14. The van der Waals surface area contributed by atoms with Gasteiger partial charge in [-0.2, -0.15) is 0 Å². The first kappa shape index (κ1) is 20.4. The minimum Gasteiger partial charge on any atom is -0.489 e. The van der Waals surface area contributed by atoms with Gasteiger partial charge >= 0.3 is 5.97 Å². The third kappa shape index (κ3) is 5.40.